The third-order valence-corrected chi connectivity index (χ3v) is 4.01. The highest BCUT2D eigenvalue weighted by Gasteiger charge is 2.36. The second-order valence-corrected chi connectivity index (χ2v) is 5.47. The average Bonchev–Trinajstić information content (AvgIpc) is 2.64. The van der Waals surface area contributed by atoms with E-state index in [0.29, 0.717) is 0 Å². The van der Waals surface area contributed by atoms with E-state index in [1.165, 1.54) is 18.5 Å². The van der Waals surface area contributed by atoms with Gasteiger partial charge >= 0.3 is 0 Å². The Morgan fingerprint density at radius 1 is 1.44 bits per heavy atom. The minimum atomic E-state index is 0.282. The predicted octanol–water partition coefficient (Wildman–Crippen LogP) is 1.29. The summed E-state index contributed by atoms with van der Waals surface area (Å²) in [4.78, 5) is 6.65. The third-order valence-electron chi connectivity index (χ3n) is 4.01. The van der Waals surface area contributed by atoms with E-state index in [-0.39, 0.29) is 5.41 Å². The van der Waals surface area contributed by atoms with Gasteiger partial charge in [-0.25, -0.2) is 0 Å². The molecular weight excluding hydrogens is 226 g/mol. The van der Waals surface area contributed by atoms with E-state index in [1.807, 2.05) is 18.5 Å². The molecule has 0 unspecified atom stereocenters. The van der Waals surface area contributed by atoms with E-state index in [2.05, 4.69) is 21.3 Å². The first-order valence-electron chi connectivity index (χ1n) is 6.82. The number of pyridine rings is 1. The summed E-state index contributed by atoms with van der Waals surface area (Å²) in [7, 11) is 0. The number of rotatable bonds is 1. The van der Waals surface area contributed by atoms with Crippen LogP contribution in [0, 0.1) is 5.41 Å². The lowest BCUT2D eigenvalue weighted by Crippen LogP contribution is -2.48. The van der Waals surface area contributed by atoms with Gasteiger partial charge in [0.25, 0.3) is 0 Å². The van der Waals surface area contributed by atoms with Crippen LogP contribution in [-0.2, 0) is 4.74 Å². The van der Waals surface area contributed by atoms with Crippen LogP contribution >= 0.6 is 0 Å². The summed E-state index contributed by atoms with van der Waals surface area (Å²) in [6, 6.07) is 4.15. The van der Waals surface area contributed by atoms with Gasteiger partial charge in [0.15, 0.2) is 0 Å². The smallest absolute Gasteiger partial charge is 0.0641 e. The summed E-state index contributed by atoms with van der Waals surface area (Å²) in [5.41, 5.74) is 1.50. The number of hydrogen-bond acceptors (Lipinski definition) is 4. The third kappa shape index (κ3) is 2.49. The molecule has 1 spiro atoms. The van der Waals surface area contributed by atoms with Crippen LogP contribution in [-0.4, -0.2) is 44.4 Å². The van der Waals surface area contributed by atoms with Crippen molar-refractivity contribution in [3.63, 3.8) is 0 Å². The molecule has 2 fully saturated rings. The number of piperidine rings is 1. The average molecular weight is 247 g/mol. The Hall–Kier alpha value is -1.13. The van der Waals surface area contributed by atoms with Crippen molar-refractivity contribution >= 4 is 5.69 Å². The van der Waals surface area contributed by atoms with E-state index >= 15 is 0 Å². The number of hydrogen-bond donors (Lipinski definition) is 1. The topological polar surface area (TPSA) is 37.4 Å². The van der Waals surface area contributed by atoms with Crippen molar-refractivity contribution in [2.45, 2.75) is 12.8 Å². The fourth-order valence-corrected chi connectivity index (χ4v) is 3.04. The molecule has 0 radical (unpaired) electrons. The molecule has 0 aliphatic carbocycles. The number of ether oxygens (including phenoxy) is 1. The normalized spacial score (nSPS) is 29.2. The van der Waals surface area contributed by atoms with Gasteiger partial charge < -0.3 is 15.0 Å². The Bertz CT molecular complexity index is 376. The van der Waals surface area contributed by atoms with Crippen molar-refractivity contribution in [2.75, 3.05) is 44.3 Å². The number of nitrogens with one attached hydrogen (secondary N) is 1. The fourth-order valence-electron chi connectivity index (χ4n) is 3.04. The summed E-state index contributed by atoms with van der Waals surface area (Å²) in [6.45, 7) is 5.96. The molecule has 0 amide bonds. The van der Waals surface area contributed by atoms with Crippen LogP contribution in [0.5, 0.6) is 0 Å². The molecule has 1 aromatic rings. The van der Waals surface area contributed by atoms with E-state index in [4.69, 9.17) is 4.74 Å². The quantitative estimate of drug-likeness (QED) is 0.811. The molecule has 1 aromatic heterocycles. The molecule has 4 nitrogen and oxygen atoms in total. The fraction of sp³-hybridized carbons (Fsp3) is 0.643. The van der Waals surface area contributed by atoms with Crippen LogP contribution < -0.4 is 10.2 Å². The maximum absolute atomic E-state index is 5.84. The van der Waals surface area contributed by atoms with E-state index in [0.717, 1.165) is 39.4 Å². The summed E-state index contributed by atoms with van der Waals surface area (Å²) >= 11 is 0. The molecule has 3 rings (SSSR count). The zero-order valence-electron chi connectivity index (χ0n) is 10.8. The molecule has 18 heavy (non-hydrogen) atoms. The first-order valence-corrected chi connectivity index (χ1v) is 6.82. The zero-order valence-corrected chi connectivity index (χ0v) is 10.8. The van der Waals surface area contributed by atoms with Gasteiger partial charge in [-0.15, -0.1) is 0 Å². The first kappa shape index (κ1) is 11.9. The van der Waals surface area contributed by atoms with Gasteiger partial charge in [0.2, 0.25) is 0 Å². The van der Waals surface area contributed by atoms with Crippen molar-refractivity contribution in [1.82, 2.24) is 10.3 Å². The standard InChI is InChI=1S/C14H21N3O/c1-3-13(9-15-5-1)17-7-8-18-12-14(11-17)4-2-6-16-10-14/h1,3,5,9,16H,2,4,6-8,10-12H2/t14-/m0/s1. The van der Waals surface area contributed by atoms with Crippen LogP contribution in [0.15, 0.2) is 24.5 Å². The summed E-state index contributed by atoms with van der Waals surface area (Å²) in [5, 5.41) is 3.52. The number of anilines is 1. The van der Waals surface area contributed by atoms with Gasteiger partial charge in [0.05, 0.1) is 25.1 Å². The maximum atomic E-state index is 5.84. The Morgan fingerprint density at radius 2 is 2.44 bits per heavy atom. The van der Waals surface area contributed by atoms with Crippen LogP contribution in [0.3, 0.4) is 0 Å². The highest BCUT2D eigenvalue weighted by atomic mass is 16.5. The molecule has 0 saturated carbocycles. The molecule has 1 N–H and O–H groups in total. The van der Waals surface area contributed by atoms with E-state index in [1.54, 1.807) is 0 Å². The summed E-state index contributed by atoms with van der Waals surface area (Å²) in [5.74, 6) is 0. The van der Waals surface area contributed by atoms with Crippen LogP contribution in [0.4, 0.5) is 5.69 Å². The summed E-state index contributed by atoms with van der Waals surface area (Å²) < 4.78 is 5.84. The van der Waals surface area contributed by atoms with Gasteiger partial charge in [-0.1, -0.05) is 0 Å². The van der Waals surface area contributed by atoms with Crippen molar-refractivity contribution in [2.24, 2.45) is 5.41 Å². The minimum absolute atomic E-state index is 0.282. The van der Waals surface area contributed by atoms with Gasteiger partial charge in [0.1, 0.15) is 0 Å². The number of aromatic nitrogens is 1. The lowest BCUT2D eigenvalue weighted by atomic mass is 9.81. The maximum Gasteiger partial charge on any atom is 0.0641 e. The van der Waals surface area contributed by atoms with E-state index < -0.39 is 0 Å². The van der Waals surface area contributed by atoms with Crippen molar-refractivity contribution in [1.29, 1.82) is 0 Å². The largest absolute Gasteiger partial charge is 0.379 e. The van der Waals surface area contributed by atoms with Crippen molar-refractivity contribution in [3.05, 3.63) is 24.5 Å². The van der Waals surface area contributed by atoms with Gasteiger partial charge in [-0.2, -0.15) is 0 Å². The minimum Gasteiger partial charge on any atom is -0.379 e. The lowest BCUT2D eigenvalue weighted by Gasteiger charge is -2.39. The first-order chi connectivity index (χ1) is 8.88. The van der Waals surface area contributed by atoms with Crippen molar-refractivity contribution in [3.8, 4) is 0 Å². The molecule has 0 aromatic carbocycles. The Balaban J connectivity index is 1.78. The number of nitrogens with zero attached hydrogens (tertiary/aromatic N) is 2. The monoisotopic (exact) mass is 247 g/mol. The SMILES string of the molecule is c1cncc(N2CCOC[C@]3(CCCNC3)C2)c1. The Labute approximate surface area is 108 Å². The molecule has 2 aliphatic heterocycles. The van der Waals surface area contributed by atoms with Crippen LogP contribution in [0.2, 0.25) is 0 Å². The predicted molar refractivity (Wildman–Crippen MR) is 71.8 cm³/mol. The lowest BCUT2D eigenvalue weighted by molar-refractivity contribution is 0.0536. The highest BCUT2D eigenvalue weighted by molar-refractivity contribution is 5.44. The highest BCUT2D eigenvalue weighted by Crippen LogP contribution is 2.31. The van der Waals surface area contributed by atoms with Gasteiger partial charge in [-0.3, -0.25) is 4.98 Å². The van der Waals surface area contributed by atoms with Crippen molar-refractivity contribution < 1.29 is 4.74 Å². The molecule has 3 heterocycles. The Kier molecular flexibility index (Phi) is 3.48. The van der Waals surface area contributed by atoms with Crippen LogP contribution in [0.25, 0.3) is 0 Å². The molecule has 0 bridgehead atoms. The van der Waals surface area contributed by atoms with E-state index in [9.17, 15) is 0 Å². The van der Waals surface area contributed by atoms with Gasteiger partial charge in [0, 0.05) is 31.2 Å². The Morgan fingerprint density at radius 3 is 3.22 bits per heavy atom. The van der Waals surface area contributed by atoms with Crippen LogP contribution in [0.1, 0.15) is 12.8 Å². The molecule has 1 atom stereocenters. The molecule has 2 aliphatic rings. The molecule has 2 saturated heterocycles. The van der Waals surface area contributed by atoms with Gasteiger partial charge in [-0.05, 0) is 31.5 Å². The zero-order chi connectivity index (χ0) is 12.3. The second kappa shape index (κ2) is 5.24. The molecular formula is C14H21N3O. The second-order valence-electron chi connectivity index (χ2n) is 5.47. The summed E-state index contributed by atoms with van der Waals surface area (Å²) in [6.07, 6.45) is 6.30. The molecule has 4 heteroatoms. The molecule has 98 valence electrons.